The van der Waals surface area contributed by atoms with Gasteiger partial charge < -0.3 is 5.43 Å². The highest BCUT2D eigenvalue weighted by atomic mass is 15.3. The van der Waals surface area contributed by atoms with Crippen molar-refractivity contribution >= 4 is 6.21 Å². The Morgan fingerprint density at radius 1 is 1.50 bits per heavy atom. The minimum absolute atomic E-state index is 0.917. The fraction of sp³-hybridized carbons (Fsp3) is 0.833. The van der Waals surface area contributed by atoms with E-state index >= 15 is 0 Å². The Morgan fingerprint density at radius 3 is 2.75 bits per heavy atom. The van der Waals surface area contributed by atoms with E-state index in [-0.39, 0.29) is 0 Å². The van der Waals surface area contributed by atoms with Gasteiger partial charge in [0, 0.05) is 12.8 Å². The summed E-state index contributed by atoms with van der Waals surface area (Å²) in [5.74, 6) is 0. The van der Waals surface area contributed by atoms with Crippen LogP contribution in [-0.2, 0) is 0 Å². The van der Waals surface area contributed by atoms with Crippen molar-refractivity contribution in [3.05, 3.63) is 0 Å². The second kappa shape index (κ2) is 6.47. The summed E-state index contributed by atoms with van der Waals surface area (Å²) >= 11 is 0. The van der Waals surface area contributed by atoms with Crippen molar-refractivity contribution in [3.63, 3.8) is 0 Å². The topological polar surface area (TPSA) is 24.4 Å². The normalized spacial score (nSPS) is 10.2. The highest BCUT2D eigenvalue weighted by molar-refractivity contribution is 5.56. The zero-order chi connectivity index (χ0) is 6.24. The van der Waals surface area contributed by atoms with Gasteiger partial charge in [-0.3, -0.25) is 0 Å². The summed E-state index contributed by atoms with van der Waals surface area (Å²) in [6, 6.07) is 0. The summed E-state index contributed by atoms with van der Waals surface area (Å²) in [7, 11) is 0. The minimum Gasteiger partial charge on any atom is -0.311 e. The lowest BCUT2D eigenvalue weighted by atomic mass is 10.4. The van der Waals surface area contributed by atoms with E-state index in [0.717, 1.165) is 13.0 Å². The molecule has 0 aliphatic heterocycles. The molecule has 0 radical (unpaired) electrons. The summed E-state index contributed by atoms with van der Waals surface area (Å²) in [5, 5.41) is 3.90. The van der Waals surface area contributed by atoms with Crippen molar-refractivity contribution in [1.82, 2.24) is 5.43 Å². The van der Waals surface area contributed by atoms with Crippen molar-refractivity contribution in [2.75, 3.05) is 6.54 Å². The molecule has 0 aliphatic carbocycles. The summed E-state index contributed by atoms with van der Waals surface area (Å²) in [4.78, 5) is 0. The van der Waals surface area contributed by atoms with Crippen LogP contribution in [0.15, 0.2) is 5.10 Å². The molecule has 0 amide bonds. The molecule has 0 spiro atoms. The second-order valence-electron chi connectivity index (χ2n) is 1.61. The number of nitrogens with zero attached hydrogens (tertiary/aromatic N) is 1. The van der Waals surface area contributed by atoms with Crippen LogP contribution in [0.4, 0.5) is 0 Å². The number of hydrazone groups is 1. The standard InChI is InChI=1S/C6H14N2/c1-3-5-6-8-7-4-2/h6-7H,3-5H2,1-2H3/b8-6+. The van der Waals surface area contributed by atoms with E-state index in [2.05, 4.69) is 17.5 Å². The highest BCUT2D eigenvalue weighted by Crippen LogP contribution is 1.78. The number of hydrogen-bond donors (Lipinski definition) is 1. The molecule has 0 heterocycles. The van der Waals surface area contributed by atoms with Crippen molar-refractivity contribution < 1.29 is 0 Å². The molecule has 0 atom stereocenters. The molecular weight excluding hydrogens is 100 g/mol. The van der Waals surface area contributed by atoms with Crippen LogP contribution in [0, 0.1) is 0 Å². The SMILES string of the molecule is CCC/C=N/NCC. The number of nitrogens with one attached hydrogen (secondary N) is 1. The third kappa shape index (κ3) is 5.47. The Morgan fingerprint density at radius 2 is 2.25 bits per heavy atom. The van der Waals surface area contributed by atoms with Crippen LogP contribution in [0.5, 0.6) is 0 Å². The summed E-state index contributed by atoms with van der Waals surface area (Å²) in [6.45, 7) is 5.08. The predicted molar refractivity (Wildman–Crippen MR) is 37.1 cm³/mol. The van der Waals surface area contributed by atoms with Gasteiger partial charge in [0.1, 0.15) is 0 Å². The number of unbranched alkanes of at least 4 members (excludes halogenated alkanes) is 1. The average Bonchev–Trinajstić information content (AvgIpc) is 1.81. The largest absolute Gasteiger partial charge is 0.311 e. The fourth-order valence-corrected chi connectivity index (χ4v) is 0.349. The number of hydrogen-bond acceptors (Lipinski definition) is 2. The maximum atomic E-state index is 3.90. The molecule has 0 rings (SSSR count). The monoisotopic (exact) mass is 114 g/mol. The zero-order valence-corrected chi connectivity index (χ0v) is 5.65. The van der Waals surface area contributed by atoms with E-state index in [4.69, 9.17) is 0 Å². The van der Waals surface area contributed by atoms with Crippen molar-refractivity contribution in [2.45, 2.75) is 26.7 Å². The van der Waals surface area contributed by atoms with Crippen LogP contribution >= 0.6 is 0 Å². The first kappa shape index (κ1) is 7.47. The van der Waals surface area contributed by atoms with E-state index in [1.54, 1.807) is 0 Å². The summed E-state index contributed by atoms with van der Waals surface area (Å²) in [6.07, 6.45) is 4.16. The van der Waals surface area contributed by atoms with Gasteiger partial charge in [-0.05, 0) is 13.3 Å². The van der Waals surface area contributed by atoms with Crippen LogP contribution in [0.3, 0.4) is 0 Å². The maximum Gasteiger partial charge on any atom is 0.0301 e. The average molecular weight is 114 g/mol. The quantitative estimate of drug-likeness (QED) is 0.433. The highest BCUT2D eigenvalue weighted by Gasteiger charge is 1.70. The molecule has 0 unspecified atom stereocenters. The van der Waals surface area contributed by atoms with Gasteiger partial charge in [-0.1, -0.05) is 13.3 Å². The Balaban J connectivity index is 2.83. The molecule has 0 saturated heterocycles. The summed E-state index contributed by atoms with van der Waals surface area (Å²) < 4.78 is 0. The smallest absolute Gasteiger partial charge is 0.0301 e. The molecule has 2 heteroatoms. The molecule has 1 N–H and O–H groups in total. The molecule has 0 saturated carbocycles. The van der Waals surface area contributed by atoms with Crippen LogP contribution in [-0.4, -0.2) is 12.8 Å². The molecule has 0 bridgehead atoms. The van der Waals surface area contributed by atoms with Gasteiger partial charge in [-0.25, -0.2) is 0 Å². The fourth-order valence-electron chi connectivity index (χ4n) is 0.349. The molecule has 8 heavy (non-hydrogen) atoms. The van der Waals surface area contributed by atoms with E-state index < -0.39 is 0 Å². The van der Waals surface area contributed by atoms with Gasteiger partial charge in [-0.15, -0.1) is 0 Å². The van der Waals surface area contributed by atoms with E-state index in [0.29, 0.717) is 0 Å². The predicted octanol–water partition coefficient (Wildman–Crippen LogP) is 1.38. The van der Waals surface area contributed by atoms with Crippen LogP contribution in [0.25, 0.3) is 0 Å². The minimum atomic E-state index is 0.917. The Hall–Kier alpha value is -0.530. The van der Waals surface area contributed by atoms with Crippen molar-refractivity contribution in [3.8, 4) is 0 Å². The molecular formula is C6H14N2. The number of rotatable bonds is 4. The first-order chi connectivity index (χ1) is 3.91. The van der Waals surface area contributed by atoms with E-state index in [1.165, 1.54) is 6.42 Å². The van der Waals surface area contributed by atoms with Crippen molar-refractivity contribution in [1.29, 1.82) is 0 Å². The third-order valence-electron chi connectivity index (χ3n) is 0.758. The van der Waals surface area contributed by atoms with Gasteiger partial charge in [0.2, 0.25) is 0 Å². The van der Waals surface area contributed by atoms with Gasteiger partial charge in [-0.2, -0.15) is 5.10 Å². The lowest BCUT2D eigenvalue weighted by molar-refractivity contribution is 0.781. The lowest BCUT2D eigenvalue weighted by Gasteiger charge is -1.88. The van der Waals surface area contributed by atoms with Gasteiger partial charge >= 0.3 is 0 Å². The van der Waals surface area contributed by atoms with E-state index in [1.807, 2.05) is 13.1 Å². The Kier molecular flexibility index (Phi) is 6.04. The first-order valence-corrected chi connectivity index (χ1v) is 3.16. The molecule has 48 valence electrons. The zero-order valence-electron chi connectivity index (χ0n) is 5.65. The van der Waals surface area contributed by atoms with Gasteiger partial charge in [0.25, 0.3) is 0 Å². The Bertz CT molecular complexity index is 51.5. The summed E-state index contributed by atoms with van der Waals surface area (Å²) in [5.41, 5.74) is 2.85. The van der Waals surface area contributed by atoms with Gasteiger partial charge in [0.05, 0.1) is 0 Å². The van der Waals surface area contributed by atoms with Gasteiger partial charge in [0.15, 0.2) is 0 Å². The molecule has 0 aromatic heterocycles. The molecule has 0 aliphatic rings. The van der Waals surface area contributed by atoms with Crippen LogP contribution < -0.4 is 5.43 Å². The Labute approximate surface area is 51.0 Å². The van der Waals surface area contributed by atoms with E-state index in [9.17, 15) is 0 Å². The molecule has 0 aromatic carbocycles. The molecule has 0 fully saturated rings. The first-order valence-electron chi connectivity index (χ1n) is 3.16. The molecule has 0 aromatic rings. The lowest BCUT2D eigenvalue weighted by Crippen LogP contribution is -2.02. The van der Waals surface area contributed by atoms with Crippen molar-refractivity contribution in [2.24, 2.45) is 5.10 Å². The second-order valence-corrected chi connectivity index (χ2v) is 1.61. The third-order valence-corrected chi connectivity index (χ3v) is 0.758. The molecule has 2 nitrogen and oxygen atoms in total. The van der Waals surface area contributed by atoms with Crippen LogP contribution in [0.1, 0.15) is 26.7 Å². The maximum absolute atomic E-state index is 3.90. The van der Waals surface area contributed by atoms with Crippen LogP contribution in [0.2, 0.25) is 0 Å².